The maximum Gasteiger partial charge on any atom is 0.525 e. The van der Waals surface area contributed by atoms with E-state index in [4.69, 9.17) is 0 Å². The Balaban J connectivity index is 1.74. The molecule has 160 valence electrons. The molecule has 1 aliphatic rings. The Morgan fingerprint density at radius 2 is 1.52 bits per heavy atom. The molecule has 11 heteroatoms. The molecule has 31 heavy (non-hydrogen) atoms. The fraction of sp³-hybridized carbons (Fsp3) is 0.100. The van der Waals surface area contributed by atoms with E-state index in [1.807, 2.05) is 30.3 Å². The summed E-state index contributed by atoms with van der Waals surface area (Å²) in [5.74, 6) is -1.97. The Bertz CT molecular complexity index is 1290. The number of benzene rings is 3. The van der Waals surface area contributed by atoms with E-state index in [2.05, 4.69) is 4.28 Å². The molecule has 0 N–H and O–H groups in total. The topological polar surface area (TPSA) is 80.8 Å². The van der Waals surface area contributed by atoms with Gasteiger partial charge in [-0.1, -0.05) is 42.5 Å². The van der Waals surface area contributed by atoms with E-state index >= 15 is 0 Å². The van der Waals surface area contributed by atoms with Crippen LogP contribution in [0, 0.1) is 0 Å². The first-order chi connectivity index (χ1) is 14.6. The Morgan fingerprint density at radius 1 is 0.871 bits per heavy atom. The van der Waals surface area contributed by atoms with Crippen molar-refractivity contribution in [2.45, 2.75) is 16.2 Å². The fourth-order valence-corrected chi connectivity index (χ4v) is 4.54. The molecule has 0 bridgehead atoms. The van der Waals surface area contributed by atoms with Crippen LogP contribution in [-0.4, -0.2) is 30.8 Å². The third-order valence-corrected chi connectivity index (χ3v) is 6.58. The predicted molar refractivity (Wildman–Crippen MR) is 107 cm³/mol. The minimum atomic E-state index is -6.20. The zero-order valence-corrected chi connectivity index (χ0v) is 17.1. The van der Waals surface area contributed by atoms with Gasteiger partial charge in [0.2, 0.25) is 0 Å². The lowest BCUT2D eigenvalue weighted by Crippen LogP contribution is -2.44. The second-order valence-electron chi connectivity index (χ2n) is 6.49. The van der Waals surface area contributed by atoms with Gasteiger partial charge in [0, 0.05) is 16.0 Å². The Morgan fingerprint density at radius 3 is 2.16 bits per heavy atom. The molecular weight excluding hydrogens is 455 g/mol. The van der Waals surface area contributed by atoms with E-state index in [9.17, 15) is 31.2 Å². The van der Waals surface area contributed by atoms with Gasteiger partial charge < -0.3 is 0 Å². The number of hydrogen-bond donors (Lipinski definition) is 0. The number of hydroxylamine groups is 2. The van der Waals surface area contributed by atoms with Crippen LogP contribution in [0.2, 0.25) is 0 Å². The minimum Gasteiger partial charge on any atom is -0.266 e. The van der Waals surface area contributed by atoms with Crippen LogP contribution in [0.15, 0.2) is 65.6 Å². The first kappa shape index (κ1) is 21.3. The summed E-state index contributed by atoms with van der Waals surface area (Å²) in [6.07, 6.45) is 0. The van der Waals surface area contributed by atoms with E-state index < -0.39 is 27.4 Å². The van der Waals surface area contributed by atoms with E-state index in [0.717, 1.165) is 10.5 Å². The van der Waals surface area contributed by atoms with Crippen LogP contribution < -0.4 is 0 Å². The number of hydrogen-bond acceptors (Lipinski definition) is 6. The van der Waals surface area contributed by atoms with Crippen LogP contribution in [-0.2, 0) is 20.2 Å². The summed E-state index contributed by atoms with van der Waals surface area (Å²) in [7, 11) is -6.20. The highest BCUT2D eigenvalue weighted by Gasteiger charge is 2.51. The van der Waals surface area contributed by atoms with Gasteiger partial charge in [-0.15, -0.1) is 21.1 Å². The molecule has 0 aliphatic carbocycles. The highest BCUT2D eigenvalue weighted by Crippen LogP contribution is 2.38. The molecule has 0 spiro atoms. The normalized spacial score (nSPS) is 14.4. The van der Waals surface area contributed by atoms with Gasteiger partial charge in [-0.25, -0.2) is 0 Å². The molecule has 3 aromatic rings. The fourth-order valence-electron chi connectivity index (χ4n) is 3.12. The second kappa shape index (κ2) is 7.66. The zero-order valence-electron chi connectivity index (χ0n) is 15.4. The maximum atomic E-state index is 12.7. The number of amides is 2. The summed E-state index contributed by atoms with van der Waals surface area (Å²) in [4.78, 5) is 26.1. The predicted octanol–water partition coefficient (Wildman–Crippen LogP) is 4.51. The lowest BCUT2D eigenvalue weighted by Gasteiger charge is -2.26. The first-order valence-electron chi connectivity index (χ1n) is 8.72. The van der Waals surface area contributed by atoms with Crippen LogP contribution in [0.5, 0.6) is 0 Å². The summed E-state index contributed by atoms with van der Waals surface area (Å²) >= 11 is 1.46. The molecule has 0 aromatic heterocycles. The number of alkyl halides is 3. The summed E-state index contributed by atoms with van der Waals surface area (Å²) in [6, 6.07) is 17.0. The molecule has 0 unspecified atom stereocenters. The number of carbonyl (C=O) groups excluding carboxylic acids is 2. The third kappa shape index (κ3) is 3.80. The van der Waals surface area contributed by atoms with Crippen LogP contribution in [0.3, 0.4) is 0 Å². The van der Waals surface area contributed by atoms with Gasteiger partial charge in [-0.05, 0) is 29.1 Å². The van der Waals surface area contributed by atoms with Gasteiger partial charge in [-0.3, -0.25) is 9.59 Å². The molecular formula is C20H12F3NO5S2. The monoisotopic (exact) mass is 467 g/mol. The van der Waals surface area contributed by atoms with Crippen molar-refractivity contribution in [3.05, 3.63) is 77.4 Å². The number of thioether (sulfide) groups is 1. The van der Waals surface area contributed by atoms with Gasteiger partial charge in [0.15, 0.2) is 0 Å². The Labute approximate surface area is 178 Å². The van der Waals surface area contributed by atoms with Gasteiger partial charge in [-0.2, -0.15) is 21.6 Å². The van der Waals surface area contributed by atoms with Crippen molar-refractivity contribution in [3.63, 3.8) is 0 Å². The van der Waals surface area contributed by atoms with Crippen molar-refractivity contribution in [1.29, 1.82) is 0 Å². The SMILES string of the molecule is O=C1c2cccc3c(SCc4ccccc4)ccc(c23)C(=O)N1OS(=O)(=O)C(F)(F)F. The molecule has 6 nitrogen and oxygen atoms in total. The molecule has 0 saturated heterocycles. The van der Waals surface area contributed by atoms with E-state index in [0.29, 0.717) is 11.1 Å². The van der Waals surface area contributed by atoms with E-state index in [1.165, 1.54) is 30.0 Å². The average molecular weight is 467 g/mol. The number of nitrogens with zero attached hydrogens (tertiary/aromatic N) is 1. The lowest BCUT2D eigenvalue weighted by molar-refractivity contribution is -0.0761. The van der Waals surface area contributed by atoms with E-state index in [1.54, 1.807) is 12.1 Å². The number of carbonyl (C=O) groups is 2. The van der Waals surface area contributed by atoms with Crippen LogP contribution in [0.4, 0.5) is 13.2 Å². The van der Waals surface area contributed by atoms with Crippen molar-refractivity contribution in [2.75, 3.05) is 0 Å². The quantitative estimate of drug-likeness (QED) is 0.312. The van der Waals surface area contributed by atoms with Crippen molar-refractivity contribution in [3.8, 4) is 0 Å². The van der Waals surface area contributed by atoms with Gasteiger partial charge >= 0.3 is 15.6 Å². The average Bonchev–Trinajstić information content (AvgIpc) is 2.73. The number of imide groups is 1. The first-order valence-corrected chi connectivity index (χ1v) is 11.1. The Kier molecular flexibility index (Phi) is 5.28. The summed E-state index contributed by atoms with van der Waals surface area (Å²) in [6.45, 7) is 0. The maximum absolute atomic E-state index is 12.7. The standard InChI is InChI=1S/C20H12F3NO5S2/c21-20(22,23)31(27,28)29-24-18(25)14-8-4-7-13-16(10-9-15(17(13)14)19(24)26)30-11-12-5-2-1-3-6-12/h1-10H,11H2. The molecule has 1 heterocycles. The summed E-state index contributed by atoms with van der Waals surface area (Å²) < 4.78 is 64.6. The molecule has 0 atom stereocenters. The highest BCUT2D eigenvalue weighted by atomic mass is 32.2. The van der Waals surface area contributed by atoms with Crippen molar-refractivity contribution < 1.29 is 35.5 Å². The van der Waals surface area contributed by atoms with Crippen molar-refractivity contribution in [1.82, 2.24) is 5.06 Å². The second-order valence-corrected chi connectivity index (χ2v) is 9.03. The van der Waals surface area contributed by atoms with Crippen molar-refractivity contribution in [2.24, 2.45) is 0 Å². The van der Waals surface area contributed by atoms with Crippen molar-refractivity contribution >= 4 is 44.5 Å². The Hall–Kier alpha value is -2.89. The van der Waals surface area contributed by atoms with Crippen LogP contribution in [0.25, 0.3) is 10.8 Å². The van der Waals surface area contributed by atoms with Gasteiger partial charge in [0.25, 0.3) is 11.8 Å². The van der Waals surface area contributed by atoms with Crippen LogP contribution >= 0.6 is 11.8 Å². The molecule has 4 rings (SSSR count). The lowest BCUT2D eigenvalue weighted by atomic mass is 9.95. The minimum absolute atomic E-state index is 0.133. The third-order valence-electron chi connectivity index (χ3n) is 4.52. The molecule has 1 aliphatic heterocycles. The molecule has 3 aromatic carbocycles. The van der Waals surface area contributed by atoms with Gasteiger partial charge in [0.1, 0.15) is 0 Å². The molecule has 0 radical (unpaired) electrons. The molecule has 0 fully saturated rings. The number of halogens is 3. The molecule has 2 amide bonds. The smallest absolute Gasteiger partial charge is 0.266 e. The number of rotatable bonds is 5. The summed E-state index contributed by atoms with van der Waals surface area (Å²) in [5.41, 5.74) is -5.01. The van der Waals surface area contributed by atoms with Crippen LogP contribution in [0.1, 0.15) is 26.3 Å². The largest absolute Gasteiger partial charge is 0.525 e. The van der Waals surface area contributed by atoms with Gasteiger partial charge in [0.05, 0.1) is 11.1 Å². The molecule has 0 saturated carbocycles. The zero-order chi connectivity index (χ0) is 22.4. The summed E-state index contributed by atoms with van der Waals surface area (Å²) in [5, 5.41) is 0.423. The highest BCUT2D eigenvalue weighted by molar-refractivity contribution is 7.98. The van der Waals surface area contributed by atoms with E-state index in [-0.39, 0.29) is 21.6 Å².